The minimum absolute atomic E-state index is 1.05. The maximum Gasteiger partial charge on any atom is 0.195 e. The molecule has 0 fully saturated rings. The molecule has 0 amide bonds. The molecule has 5 aromatic rings. The van der Waals surface area contributed by atoms with E-state index < -0.39 is 0 Å². The average molecular weight is 332 g/mol. The van der Waals surface area contributed by atoms with Gasteiger partial charge < -0.3 is 0 Å². The number of aromatic nitrogens is 2. The predicted molar refractivity (Wildman–Crippen MR) is 99.3 cm³/mol. The number of rotatable bonds is 2. The Bertz CT molecular complexity index is 1100. The molecule has 110 valence electrons. The summed E-state index contributed by atoms with van der Waals surface area (Å²) in [5.41, 5.74) is 4.68. The molecule has 0 saturated heterocycles. The van der Waals surface area contributed by atoms with Gasteiger partial charge >= 0.3 is 0 Å². The summed E-state index contributed by atoms with van der Waals surface area (Å²) < 4.78 is 3.56. The standard InChI is InChI=1S/C19H12N2S2/c1-2-7-13(8-3-1)18-17(16-11-6-12-22-16)20-19-21(18)14-9-4-5-10-15(14)23-19/h1-12H. The van der Waals surface area contributed by atoms with Crippen molar-refractivity contribution in [3.05, 3.63) is 72.1 Å². The molecule has 0 radical (unpaired) electrons. The second-order valence-electron chi connectivity index (χ2n) is 5.34. The van der Waals surface area contributed by atoms with Crippen LogP contribution in [-0.4, -0.2) is 9.38 Å². The largest absolute Gasteiger partial charge is 0.282 e. The first-order valence-corrected chi connectivity index (χ1v) is 9.11. The highest BCUT2D eigenvalue weighted by Crippen LogP contribution is 2.39. The van der Waals surface area contributed by atoms with Gasteiger partial charge in [-0.05, 0) is 23.6 Å². The molecule has 0 bridgehead atoms. The SMILES string of the molecule is c1ccc(-c2c(-c3cccs3)nc3sc4ccccc4n23)cc1. The zero-order valence-corrected chi connectivity index (χ0v) is 13.8. The summed E-state index contributed by atoms with van der Waals surface area (Å²) in [4.78, 5) is 7.22. The minimum Gasteiger partial charge on any atom is -0.282 e. The van der Waals surface area contributed by atoms with E-state index in [1.165, 1.54) is 26.4 Å². The Morgan fingerprint density at radius 2 is 1.65 bits per heavy atom. The highest BCUT2D eigenvalue weighted by molar-refractivity contribution is 7.23. The van der Waals surface area contributed by atoms with Gasteiger partial charge in [0.15, 0.2) is 4.96 Å². The molecule has 0 saturated carbocycles. The molecule has 0 spiro atoms. The van der Waals surface area contributed by atoms with E-state index in [4.69, 9.17) is 4.98 Å². The third-order valence-electron chi connectivity index (χ3n) is 3.96. The van der Waals surface area contributed by atoms with Crippen molar-refractivity contribution in [2.24, 2.45) is 0 Å². The molecule has 23 heavy (non-hydrogen) atoms. The zero-order valence-electron chi connectivity index (χ0n) is 12.1. The van der Waals surface area contributed by atoms with Crippen molar-refractivity contribution in [2.75, 3.05) is 0 Å². The normalized spacial score (nSPS) is 11.5. The van der Waals surface area contributed by atoms with E-state index in [9.17, 15) is 0 Å². The number of nitrogens with zero attached hydrogens (tertiary/aromatic N) is 2. The van der Waals surface area contributed by atoms with Gasteiger partial charge in [0.05, 0.1) is 20.8 Å². The molecular weight excluding hydrogens is 320 g/mol. The van der Waals surface area contributed by atoms with E-state index in [0.29, 0.717) is 0 Å². The molecule has 3 heterocycles. The van der Waals surface area contributed by atoms with Gasteiger partial charge in [0, 0.05) is 5.56 Å². The first-order chi connectivity index (χ1) is 11.4. The third-order valence-corrected chi connectivity index (χ3v) is 5.85. The molecule has 4 heteroatoms. The van der Waals surface area contributed by atoms with Crippen LogP contribution in [0.4, 0.5) is 0 Å². The lowest BCUT2D eigenvalue weighted by atomic mass is 10.1. The van der Waals surface area contributed by atoms with E-state index in [1.54, 1.807) is 22.7 Å². The topological polar surface area (TPSA) is 17.3 Å². The lowest BCUT2D eigenvalue weighted by Gasteiger charge is -2.04. The van der Waals surface area contributed by atoms with Gasteiger partial charge in [-0.15, -0.1) is 11.3 Å². The summed E-state index contributed by atoms with van der Waals surface area (Å²) in [5, 5.41) is 2.11. The highest BCUT2D eigenvalue weighted by atomic mass is 32.1. The van der Waals surface area contributed by atoms with E-state index in [2.05, 4.69) is 76.5 Å². The minimum atomic E-state index is 1.05. The quantitative estimate of drug-likeness (QED) is 0.391. The van der Waals surface area contributed by atoms with Crippen LogP contribution in [0.1, 0.15) is 0 Å². The van der Waals surface area contributed by atoms with Crippen LogP contribution in [0.2, 0.25) is 0 Å². The van der Waals surface area contributed by atoms with Gasteiger partial charge in [-0.25, -0.2) is 4.98 Å². The molecule has 0 unspecified atom stereocenters. The Balaban J connectivity index is 1.95. The maximum absolute atomic E-state index is 4.96. The third kappa shape index (κ3) is 1.96. The number of benzene rings is 2. The summed E-state index contributed by atoms with van der Waals surface area (Å²) in [6, 6.07) is 23.3. The van der Waals surface area contributed by atoms with Crippen molar-refractivity contribution in [1.82, 2.24) is 9.38 Å². The summed E-state index contributed by atoms with van der Waals surface area (Å²) in [6.45, 7) is 0. The summed E-state index contributed by atoms with van der Waals surface area (Å²) in [5.74, 6) is 0. The van der Waals surface area contributed by atoms with Gasteiger partial charge in [0.25, 0.3) is 0 Å². The van der Waals surface area contributed by atoms with Crippen LogP contribution in [0.15, 0.2) is 72.1 Å². The molecule has 2 aromatic carbocycles. The van der Waals surface area contributed by atoms with Crippen LogP contribution >= 0.6 is 22.7 Å². The zero-order chi connectivity index (χ0) is 15.2. The number of thiazole rings is 1. The first-order valence-electron chi connectivity index (χ1n) is 7.41. The van der Waals surface area contributed by atoms with Gasteiger partial charge in [-0.2, -0.15) is 0 Å². The molecule has 3 aromatic heterocycles. The van der Waals surface area contributed by atoms with Crippen molar-refractivity contribution in [3.63, 3.8) is 0 Å². The smallest absolute Gasteiger partial charge is 0.195 e. The van der Waals surface area contributed by atoms with Crippen molar-refractivity contribution >= 4 is 37.9 Å². The van der Waals surface area contributed by atoms with Crippen molar-refractivity contribution < 1.29 is 0 Å². The molecule has 5 rings (SSSR count). The van der Waals surface area contributed by atoms with E-state index in [-0.39, 0.29) is 0 Å². The first kappa shape index (κ1) is 13.0. The number of thiophene rings is 1. The Morgan fingerprint density at radius 1 is 0.826 bits per heavy atom. The van der Waals surface area contributed by atoms with Crippen LogP contribution in [0.5, 0.6) is 0 Å². The molecule has 0 aliphatic rings. The Hall–Kier alpha value is -2.43. The summed E-state index contributed by atoms with van der Waals surface area (Å²) in [7, 11) is 0. The van der Waals surface area contributed by atoms with Crippen LogP contribution < -0.4 is 0 Å². The Labute approximate surface area is 141 Å². The number of hydrogen-bond acceptors (Lipinski definition) is 3. The van der Waals surface area contributed by atoms with Gasteiger partial charge in [0.2, 0.25) is 0 Å². The number of para-hydroxylation sites is 1. The second kappa shape index (κ2) is 5.05. The number of fused-ring (bicyclic) bond motifs is 3. The predicted octanol–water partition coefficient (Wildman–Crippen LogP) is 5.94. The average Bonchev–Trinajstić information content (AvgIpc) is 3.30. The van der Waals surface area contributed by atoms with Crippen molar-refractivity contribution in [1.29, 1.82) is 0 Å². The lowest BCUT2D eigenvalue weighted by molar-refractivity contribution is 1.30. The Morgan fingerprint density at radius 3 is 2.48 bits per heavy atom. The second-order valence-corrected chi connectivity index (χ2v) is 7.30. The molecule has 0 atom stereocenters. The van der Waals surface area contributed by atoms with Gasteiger partial charge in [0.1, 0.15) is 5.69 Å². The maximum atomic E-state index is 4.96. The summed E-state index contributed by atoms with van der Waals surface area (Å²) >= 11 is 3.48. The van der Waals surface area contributed by atoms with Crippen molar-refractivity contribution in [3.8, 4) is 21.8 Å². The van der Waals surface area contributed by atoms with Crippen LogP contribution in [0.25, 0.3) is 37.0 Å². The number of imidazole rings is 1. The fraction of sp³-hybridized carbons (Fsp3) is 0. The van der Waals surface area contributed by atoms with Crippen LogP contribution in [0, 0.1) is 0 Å². The monoisotopic (exact) mass is 332 g/mol. The molecule has 2 nitrogen and oxygen atoms in total. The fourth-order valence-corrected chi connectivity index (χ4v) is 4.71. The fourth-order valence-electron chi connectivity index (χ4n) is 2.97. The van der Waals surface area contributed by atoms with Gasteiger partial charge in [-0.3, -0.25) is 4.40 Å². The molecular formula is C19H12N2S2. The van der Waals surface area contributed by atoms with E-state index in [1.807, 2.05) is 0 Å². The van der Waals surface area contributed by atoms with Gasteiger partial charge in [-0.1, -0.05) is 59.9 Å². The van der Waals surface area contributed by atoms with E-state index >= 15 is 0 Å². The summed E-state index contributed by atoms with van der Waals surface area (Å²) in [6.07, 6.45) is 0. The molecule has 0 N–H and O–H groups in total. The Kier molecular flexibility index (Phi) is 2.86. The van der Waals surface area contributed by atoms with Crippen LogP contribution in [-0.2, 0) is 0 Å². The van der Waals surface area contributed by atoms with Crippen molar-refractivity contribution in [2.45, 2.75) is 0 Å². The highest BCUT2D eigenvalue weighted by Gasteiger charge is 2.19. The van der Waals surface area contributed by atoms with Crippen LogP contribution in [0.3, 0.4) is 0 Å². The van der Waals surface area contributed by atoms with E-state index in [0.717, 1.165) is 10.7 Å². The number of hydrogen-bond donors (Lipinski definition) is 0. The molecule has 0 aliphatic carbocycles. The molecule has 0 aliphatic heterocycles. The lowest BCUT2D eigenvalue weighted by Crippen LogP contribution is -1.87.